The zero-order chi connectivity index (χ0) is 27.2. The van der Waals surface area contributed by atoms with E-state index in [1.165, 1.54) is 0 Å². The summed E-state index contributed by atoms with van der Waals surface area (Å²) >= 11 is 6.11. The average molecular weight is 546 g/mol. The summed E-state index contributed by atoms with van der Waals surface area (Å²) in [6, 6.07) is 21.5. The van der Waals surface area contributed by atoms with Crippen molar-refractivity contribution in [2.24, 2.45) is 0 Å². The lowest BCUT2D eigenvalue weighted by Gasteiger charge is -2.29. The zero-order valence-corrected chi connectivity index (χ0v) is 22.5. The van der Waals surface area contributed by atoms with E-state index in [4.69, 9.17) is 11.6 Å². The van der Waals surface area contributed by atoms with Crippen LogP contribution in [0.5, 0.6) is 0 Å². The van der Waals surface area contributed by atoms with Crippen LogP contribution in [0.3, 0.4) is 0 Å². The Bertz CT molecular complexity index is 1340. The number of hydrogen-bond donors (Lipinski definition) is 2. The second-order valence-corrected chi connectivity index (χ2v) is 10.2. The first-order valence-electron chi connectivity index (χ1n) is 13.3. The third-order valence-corrected chi connectivity index (χ3v) is 7.36. The van der Waals surface area contributed by atoms with Crippen LogP contribution in [0.15, 0.2) is 72.8 Å². The number of nitrogens with zero attached hydrogens (tertiary/aromatic N) is 3. The van der Waals surface area contributed by atoms with Gasteiger partial charge in [0.2, 0.25) is 0 Å². The molecule has 0 aliphatic carbocycles. The van der Waals surface area contributed by atoms with E-state index in [0.717, 1.165) is 25.2 Å². The maximum absolute atomic E-state index is 13.2. The average Bonchev–Trinajstić information content (AvgIpc) is 3.23. The fourth-order valence-electron chi connectivity index (χ4n) is 5.04. The molecular formula is C30H32ClN5O3. The highest BCUT2D eigenvalue weighted by Gasteiger charge is 2.24. The van der Waals surface area contributed by atoms with Crippen LogP contribution in [0, 0.1) is 0 Å². The van der Waals surface area contributed by atoms with Gasteiger partial charge in [0, 0.05) is 74.1 Å². The number of carbonyl (C=O) groups is 3. The highest BCUT2D eigenvalue weighted by molar-refractivity contribution is 6.31. The van der Waals surface area contributed by atoms with Gasteiger partial charge >= 0.3 is 0 Å². The molecule has 39 heavy (non-hydrogen) atoms. The highest BCUT2D eigenvalue weighted by Crippen LogP contribution is 2.30. The molecule has 0 atom stereocenters. The molecule has 202 valence electrons. The maximum Gasteiger partial charge on any atom is 0.255 e. The summed E-state index contributed by atoms with van der Waals surface area (Å²) in [5.41, 5.74) is 3.06. The second-order valence-electron chi connectivity index (χ2n) is 9.74. The molecule has 0 unspecified atom stereocenters. The van der Waals surface area contributed by atoms with Crippen molar-refractivity contribution in [3.8, 4) is 0 Å². The van der Waals surface area contributed by atoms with Gasteiger partial charge in [0.25, 0.3) is 17.7 Å². The molecule has 0 radical (unpaired) electrons. The van der Waals surface area contributed by atoms with Crippen LogP contribution in [0.2, 0.25) is 5.02 Å². The van der Waals surface area contributed by atoms with Crippen molar-refractivity contribution in [3.05, 3.63) is 94.5 Å². The number of rotatable bonds is 5. The van der Waals surface area contributed by atoms with Gasteiger partial charge in [-0.3, -0.25) is 14.4 Å². The van der Waals surface area contributed by atoms with Gasteiger partial charge in [0.1, 0.15) is 0 Å². The fourth-order valence-corrected chi connectivity index (χ4v) is 5.24. The fraction of sp³-hybridized carbons (Fsp3) is 0.300. The molecule has 5 rings (SSSR count). The van der Waals surface area contributed by atoms with Gasteiger partial charge in [-0.05, 0) is 55.0 Å². The summed E-state index contributed by atoms with van der Waals surface area (Å²) in [4.78, 5) is 45.4. The van der Waals surface area contributed by atoms with Gasteiger partial charge in [-0.1, -0.05) is 35.9 Å². The Kier molecular flexibility index (Phi) is 8.44. The minimum absolute atomic E-state index is 0.0473. The van der Waals surface area contributed by atoms with Crippen molar-refractivity contribution in [1.82, 2.24) is 15.1 Å². The largest absolute Gasteiger partial charge is 0.368 e. The molecule has 3 aromatic carbocycles. The van der Waals surface area contributed by atoms with Gasteiger partial charge in [0.15, 0.2) is 0 Å². The van der Waals surface area contributed by atoms with E-state index in [2.05, 4.69) is 15.5 Å². The number of hydrogen-bond acceptors (Lipinski definition) is 5. The van der Waals surface area contributed by atoms with Gasteiger partial charge in [-0.15, -0.1) is 0 Å². The van der Waals surface area contributed by atoms with Crippen LogP contribution >= 0.6 is 11.6 Å². The smallest absolute Gasteiger partial charge is 0.255 e. The minimum atomic E-state index is -0.240. The van der Waals surface area contributed by atoms with Gasteiger partial charge in [-0.25, -0.2) is 0 Å². The van der Waals surface area contributed by atoms with Crippen molar-refractivity contribution < 1.29 is 14.4 Å². The SMILES string of the molecule is O=C(Nc1cc(C(=O)N2CCNCC2)ccc1N1CCCN(C(=O)c2cccc(Cl)c2)CC1)c1ccccc1. The number of piperazine rings is 1. The summed E-state index contributed by atoms with van der Waals surface area (Å²) in [7, 11) is 0. The van der Waals surface area contributed by atoms with E-state index >= 15 is 0 Å². The Labute approximate surface area is 233 Å². The molecule has 0 bridgehead atoms. The first-order valence-corrected chi connectivity index (χ1v) is 13.7. The van der Waals surface area contributed by atoms with E-state index in [0.29, 0.717) is 66.7 Å². The second kappa shape index (κ2) is 12.3. The van der Waals surface area contributed by atoms with E-state index < -0.39 is 0 Å². The Morgan fingerprint density at radius 3 is 2.13 bits per heavy atom. The monoisotopic (exact) mass is 545 g/mol. The van der Waals surface area contributed by atoms with Crippen molar-refractivity contribution in [2.75, 3.05) is 62.6 Å². The van der Waals surface area contributed by atoms with Crippen LogP contribution in [0.25, 0.3) is 0 Å². The molecule has 2 N–H and O–H groups in total. The van der Waals surface area contributed by atoms with E-state index in [1.807, 2.05) is 40.1 Å². The standard InChI is InChI=1S/C30H32ClN5O3/c31-25-9-4-8-23(20-25)29(38)35-15-5-14-34(18-19-35)27-11-10-24(30(39)36-16-12-32-13-17-36)21-26(27)33-28(37)22-6-2-1-3-7-22/h1-4,6-11,20-21,32H,5,12-19H2,(H,33,37). The molecule has 3 aromatic rings. The van der Waals surface area contributed by atoms with Crippen molar-refractivity contribution in [1.29, 1.82) is 0 Å². The topological polar surface area (TPSA) is 85.0 Å². The van der Waals surface area contributed by atoms with Crippen LogP contribution in [-0.4, -0.2) is 79.9 Å². The maximum atomic E-state index is 13.2. The number of nitrogens with one attached hydrogen (secondary N) is 2. The Morgan fingerprint density at radius 2 is 1.38 bits per heavy atom. The first-order chi connectivity index (χ1) is 19.0. The van der Waals surface area contributed by atoms with Gasteiger partial charge < -0.3 is 25.3 Å². The predicted octanol–water partition coefficient (Wildman–Crippen LogP) is 3.99. The molecule has 2 aliphatic rings. The summed E-state index contributed by atoms with van der Waals surface area (Å²) in [5.74, 6) is -0.336. The number of halogens is 1. The number of carbonyl (C=O) groups excluding carboxylic acids is 3. The molecule has 0 saturated carbocycles. The van der Waals surface area contributed by atoms with Crippen LogP contribution in [0.4, 0.5) is 11.4 Å². The third-order valence-electron chi connectivity index (χ3n) is 7.13. The number of anilines is 2. The lowest BCUT2D eigenvalue weighted by molar-refractivity contribution is 0.0734. The summed E-state index contributed by atoms with van der Waals surface area (Å²) in [6.07, 6.45) is 0.764. The molecule has 2 fully saturated rings. The van der Waals surface area contributed by atoms with Crippen molar-refractivity contribution >= 4 is 40.7 Å². The predicted molar refractivity (Wildman–Crippen MR) is 154 cm³/mol. The molecule has 2 heterocycles. The van der Waals surface area contributed by atoms with Crippen molar-refractivity contribution in [3.63, 3.8) is 0 Å². The van der Waals surface area contributed by atoms with E-state index in [9.17, 15) is 14.4 Å². The zero-order valence-electron chi connectivity index (χ0n) is 21.7. The molecule has 0 aromatic heterocycles. The summed E-state index contributed by atoms with van der Waals surface area (Å²) in [5, 5.41) is 6.85. The normalized spacial score (nSPS) is 16.0. The number of benzene rings is 3. The Hall–Kier alpha value is -3.88. The molecular weight excluding hydrogens is 514 g/mol. The Morgan fingerprint density at radius 1 is 0.692 bits per heavy atom. The number of amides is 3. The van der Waals surface area contributed by atoms with Gasteiger partial charge in [-0.2, -0.15) is 0 Å². The molecule has 3 amide bonds. The Balaban J connectivity index is 1.38. The molecule has 2 aliphatic heterocycles. The van der Waals surface area contributed by atoms with E-state index in [1.54, 1.807) is 42.5 Å². The lowest BCUT2D eigenvalue weighted by Crippen LogP contribution is -2.46. The quantitative estimate of drug-likeness (QED) is 0.506. The highest BCUT2D eigenvalue weighted by atomic mass is 35.5. The lowest BCUT2D eigenvalue weighted by atomic mass is 10.1. The molecule has 2 saturated heterocycles. The molecule has 9 heteroatoms. The van der Waals surface area contributed by atoms with Crippen LogP contribution in [0.1, 0.15) is 37.5 Å². The third kappa shape index (κ3) is 6.41. The van der Waals surface area contributed by atoms with Crippen molar-refractivity contribution in [2.45, 2.75) is 6.42 Å². The van der Waals surface area contributed by atoms with Crippen LogP contribution in [-0.2, 0) is 0 Å². The van der Waals surface area contributed by atoms with E-state index in [-0.39, 0.29) is 17.7 Å². The molecule has 8 nitrogen and oxygen atoms in total. The molecule has 0 spiro atoms. The summed E-state index contributed by atoms with van der Waals surface area (Å²) < 4.78 is 0. The first kappa shape index (κ1) is 26.7. The van der Waals surface area contributed by atoms with Crippen LogP contribution < -0.4 is 15.5 Å². The summed E-state index contributed by atoms with van der Waals surface area (Å²) in [6.45, 7) is 5.26. The minimum Gasteiger partial charge on any atom is -0.368 e. The van der Waals surface area contributed by atoms with Gasteiger partial charge in [0.05, 0.1) is 11.4 Å².